The van der Waals surface area contributed by atoms with E-state index >= 15 is 0 Å². The zero-order valence-corrected chi connectivity index (χ0v) is 13.2. The van der Waals surface area contributed by atoms with Gasteiger partial charge in [-0.15, -0.1) is 0 Å². The van der Waals surface area contributed by atoms with Crippen LogP contribution in [-0.4, -0.2) is 20.3 Å². The normalized spacial score (nSPS) is 17.5. The van der Waals surface area contributed by atoms with E-state index in [4.69, 9.17) is 4.74 Å². The molecular formula is C16H19N3O3. The first kappa shape index (κ1) is 14.6. The molecule has 0 fully saturated rings. The highest BCUT2D eigenvalue weighted by Gasteiger charge is 2.34. The number of rotatable bonds is 2. The van der Waals surface area contributed by atoms with Crippen LogP contribution in [0.4, 0.5) is 0 Å². The molecule has 1 unspecified atom stereocenters. The van der Waals surface area contributed by atoms with E-state index in [2.05, 4.69) is 5.10 Å². The zero-order chi connectivity index (χ0) is 16.0. The summed E-state index contributed by atoms with van der Waals surface area (Å²) in [5.74, 6) is -0.263. The maximum Gasteiger partial charge on any atom is 0.312 e. The largest absolute Gasteiger partial charge is 0.426 e. The van der Waals surface area contributed by atoms with E-state index in [0.29, 0.717) is 11.3 Å². The monoisotopic (exact) mass is 301 g/mol. The molecule has 0 saturated heterocycles. The summed E-state index contributed by atoms with van der Waals surface area (Å²) in [4.78, 5) is 24.6. The third-order valence-electron chi connectivity index (χ3n) is 4.16. The van der Waals surface area contributed by atoms with Crippen LogP contribution >= 0.6 is 0 Å². The molecule has 116 valence electrons. The highest BCUT2D eigenvalue weighted by molar-refractivity contribution is 5.77. The molecule has 1 aliphatic heterocycles. The van der Waals surface area contributed by atoms with Gasteiger partial charge in [-0.2, -0.15) is 5.10 Å². The minimum Gasteiger partial charge on any atom is -0.426 e. The van der Waals surface area contributed by atoms with Crippen LogP contribution in [0.5, 0.6) is 5.75 Å². The molecule has 0 amide bonds. The van der Waals surface area contributed by atoms with Crippen molar-refractivity contribution < 1.29 is 9.53 Å². The van der Waals surface area contributed by atoms with Crippen molar-refractivity contribution in [1.29, 1.82) is 0 Å². The lowest BCUT2D eigenvalue weighted by Gasteiger charge is -2.26. The van der Waals surface area contributed by atoms with Crippen molar-refractivity contribution >= 4 is 5.97 Å². The predicted molar refractivity (Wildman–Crippen MR) is 81.1 cm³/mol. The first-order valence-electron chi connectivity index (χ1n) is 7.34. The van der Waals surface area contributed by atoms with Gasteiger partial charge in [0.15, 0.2) is 0 Å². The van der Waals surface area contributed by atoms with E-state index in [1.54, 1.807) is 23.9 Å². The number of ether oxygens (including phenoxy) is 1. The number of aryl methyl sites for hydroxylation is 1. The molecule has 1 aliphatic rings. The lowest BCUT2D eigenvalue weighted by Crippen LogP contribution is -2.33. The van der Waals surface area contributed by atoms with Crippen molar-refractivity contribution in [2.24, 2.45) is 7.05 Å². The van der Waals surface area contributed by atoms with Crippen molar-refractivity contribution in [3.63, 3.8) is 0 Å². The third-order valence-corrected chi connectivity index (χ3v) is 4.16. The maximum absolute atomic E-state index is 12.7. The predicted octanol–water partition coefficient (Wildman–Crippen LogP) is 1.91. The Morgan fingerprint density at radius 2 is 2.09 bits per heavy atom. The zero-order valence-electron chi connectivity index (χ0n) is 13.2. The Kier molecular flexibility index (Phi) is 3.39. The van der Waals surface area contributed by atoms with Crippen LogP contribution in [0.2, 0.25) is 0 Å². The van der Waals surface area contributed by atoms with Gasteiger partial charge in [0.05, 0.1) is 12.0 Å². The molecule has 3 rings (SSSR count). The Labute approximate surface area is 128 Å². The first-order valence-corrected chi connectivity index (χ1v) is 7.34. The lowest BCUT2D eigenvalue weighted by molar-refractivity contribution is -0.135. The molecule has 0 aromatic carbocycles. The summed E-state index contributed by atoms with van der Waals surface area (Å²) in [5.41, 5.74) is 2.04. The van der Waals surface area contributed by atoms with Gasteiger partial charge in [-0.3, -0.25) is 14.3 Å². The maximum atomic E-state index is 12.7. The quantitative estimate of drug-likeness (QED) is 0.795. The highest BCUT2D eigenvalue weighted by atomic mass is 16.5. The molecular weight excluding hydrogens is 282 g/mol. The van der Waals surface area contributed by atoms with Crippen LogP contribution in [0.1, 0.15) is 49.2 Å². The highest BCUT2D eigenvalue weighted by Crippen LogP contribution is 2.37. The minimum absolute atomic E-state index is 0.121. The summed E-state index contributed by atoms with van der Waals surface area (Å²) in [6.45, 7) is 5.86. The number of nitrogens with zero attached hydrogens (tertiary/aromatic N) is 3. The Morgan fingerprint density at radius 3 is 2.77 bits per heavy atom. The van der Waals surface area contributed by atoms with Gasteiger partial charge in [0, 0.05) is 42.7 Å². The van der Waals surface area contributed by atoms with Gasteiger partial charge in [0.2, 0.25) is 0 Å². The summed E-state index contributed by atoms with van der Waals surface area (Å²) in [6, 6.07) is 3.77. The summed E-state index contributed by atoms with van der Waals surface area (Å²) in [5, 5.41) is 4.31. The fourth-order valence-electron chi connectivity index (χ4n) is 2.93. The number of carbonyl (C=O) groups excluding carboxylic acids is 1. The van der Waals surface area contributed by atoms with Crippen LogP contribution in [0.25, 0.3) is 0 Å². The smallest absolute Gasteiger partial charge is 0.312 e. The molecule has 6 nitrogen and oxygen atoms in total. The second kappa shape index (κ2) is 5.12. The molecule has 0 spiro atoms. The van der Waals surface area contributed by atoms with Gasteiger partial charge in [0.1, 0.15) is 5.75 Å². The Hall–Kier alpha value is -2.37. The molecule has 0 aliphatic carbocycles. The number of aromatic nitrogens is 3. The van der Waals surface area contributed by atoms with Crippen LogP contribution in [0.15, 0.2) is 23.1 Å². The van der Waals surface area contributed by atoms with Gasteiger partial charge in [0.25, 0.3) is 5.56 Å². The average molecular weight is 301 g/mol. The topological polar surface area (TPSA) is 66.1 Å². The van der Waals surface area contributed by atoms with Crippen molar-refractivity contribution in [3.05, 3.63) is 45.6 Å². The number of fused-ring (bicyclic) bond motifs is 1. The van der Waals surface area contributed by atoms with Crippen molar-refractivity contribution in [2.75, 3.05) is 0 Å². The lowest BCUT2D eigenvalue weighted by atomic mass is 9.90. The third kappa shape index (κ3) is 2.15. The minimum atomic E-state index is -0.319. The molecule has 0 radical (unpaired) electrons. The van der Waals surface area contributed by atoms with E-state index in [1.807, 2.05) is 31.5 Å². The molecule has 0 bridgehead atoms. The van der Waals surface area contributed by atoms with E-state index in [9.17, 15) is 9.59 Å². The van der Waals surface area contributed by atoms with E-state index < -0.39 is 0 Å². The molecule has 3 heterocycles. The second-order valence-electron chi connectivity index (χ2n) is 5.95. The average Bonchev–Trinajstić information content (AvgIpc) is 2.93. The van der Waals surface area contributed by atoms with Crippen LogP contribution < -0.4 is 10.3 Å². The molecule has 2 aromatic rings. The molecule has 0 N–H and O–H groups in total. The SMILES string of the molecule is Cc1cc2c(c(=O)n1C)C(c1ccnn1C(C)C)CC(=O)O2. The molecule has 2 aromatic heterocycles. The van der Waals surface area contributed by atoms with Crippen LogP contribution in [0.3, 0.4) is 0 Å². The number of carbonyl (C=O) groups is 1. The summed E-state index contributed by atoms with van der Waals surface area (Å²) in [7, 11) is 1.73. The van der Waals surface area contributed by atoms with Crippen LogP contribution in [-0.2, 0) is 11.8 Å². The van der Waals surface area contributed by atoms with E-state index in [-0.39, 0.29) is 29.9 Å². The number of esters is 1. The number of hydrogen-bond donors (Lipinski definition) is 0. The fourth-order valence-corrected chi connectivity index (χ4v) is 2.93. The molecule has 1 atom stereocenters. The Balaban J connectivity index is 2.24. The van der Waals surface area contributed by atoms with Crippen molar-refractivity contribution in [1.82, 2.24) is 14.3 Å². The number of hydrogen-bond acceptors (Lipinski definition) is 4. The summed E-state index contributed by atoms with van der Waals surface area (Å²) < 4.78 is 8.73. The summed E-state index contributed by atoms with van der Waals surface area (Å²) in [6.07, 6.45) is 1.86. The van der Waals surface area contributed by atoms with Gasteiger partial charge in [-0.05, 0) is 26.8 Å². The Morgan fingerprint density at radius 1 is 1.36 bits per heavy atom. The Bertz CT molecular complexity index is 801. The van der Waals surface area contributed by atoms with Crippen molar-refractivity contribution in [2.45, 2.75) is 39.2 Å². The second-order valence-corrected chi connectivity index (χ2v) is 5.95. The molecule has 0 saturated carbocycles. The summed E-state index contributed by atoms with van der Waals surface area (Å²) >= 11 is 0. The van der Waals surface area contributed by atoms with Gasteiger partial charge in [-0.25, -0.2) is 0 Å². The number of pyridine rings is 1. The standard InChI is InChI=1S/C16H19N3O3/c1-9(2)19-12(5-6-17-19)11-8-14(20)22-13-7-10(3)18(4)16(21)15(11)13/h5-7,9,11H,8H2,1-4H3. The van der Waals surface area contributed by atoms with Gasteiger partial charge in [-0.1, -0.05) is 0 Å². The molecule has 22 heavy (non-hydrogen) atoms. The van der Waals surface area contributed by atoms with Gasteiger partial charge < -0.3 is 9.30 Å². The molecule has 6 heteroatoms. The van der Waals surface area contributed by atoms with E-state index in [1.165, 1.54) is 0 Å². The van der Waals surface area contributed by atoms with Crippen LogP contribution in [0, 0.1) is 6.92 Å². The fraction of sp³-hybridized carbons (Fsp3) is 0.438. The van der Waals surface area contributed by atoms with Crippen molar-refractivity contribution in [3.8, 4) is 5.75 Å². The first-order chi connectivity index (χ1) is 10.4. The van der Waals surface area contributed by atoms with E-state index in [0.717, 1.165) is 11.4 Å². The van der Waals surface area contributed by atoms with Gasteiger partial charge >= 0.3 is 5.97 Å².